The van der Waals surface area contributed by atoms with E-state index in [1.165, 1.54) is 32.2 Å². The van der Waals surface area contributed by atoms with Crippen molar-refractivity contribution in [2.75, 3.05) is 26.9 Å². The van der Waals surface area contributed by atoms with Crippen molar-refractivity contribution in [3.8, 4) is 5.75 Å². The van der Waals surface area contributed by atoms with Crippen LogP contribution >= 0.6 is 11.6 Å². The first kappa shape index (κ1) is 20.7. The third-order valence-electron chi connectivity index (χ3n) is 3.13. The van der Waals surface area contributed by atoms with E-state index in [0.717, 1.165) is 0 Å². The van der Waals surface area contributed by atoms with E-state index in [2.05, 4.69) is 10.0 Å². The van der Waals surface area contributed by atoms with Crippen LogP contribution < -0.4 is 14.8 Å². The lowest BCUT2D eigenvalue weighted by atomic mass is 10.3. The van der Waals surface area contributed by atoms with Gasteiger partial charge in [-0.1, -0.05) is 11.6 Å². The number of hydrogen-bond donors (Lipinski definition) is 2. The lowest BCUT2D eigenvalue weighted by molar-refractivity contribution is -0.122. The summed E-state index contributed by atoms with van der Waals surface area (Å²) in [7, 11) is -2.43. The van der Waals surface area contributed by atoms with E-state index < -0.39 is 22.0 Å². The summed E-state index contributed by atoms with van der Waals surface area (Å²) >= 11 is 5.94. The molecule has 1 amide bonds. The van der Waals surface area contributed by atoms with Crippen molar-refractivity contribution in [1.82, 2.24) is 10.0 Å². The van der Waals surface area contributed by atoms with Gasteiger partial charge in [0, 0.05) is 19.8 Å². The molecule has 0 unspecified atom stereocenters. The van der Waals surface area contributed by atoms with Gasteiger partial charge < -0.3 is 14.8 Å². The number of hydrogen-bond acceptors (Lipinski definition) is 5. The van der Waals surface area contributed by atoms with Crippen LogP contribution in [0.3, 0.4) is 0 Å². The highest BCUT2D eigenvalue weighted by atomic mass is 35.5. The fourth-order valence-corrected chi connectivity index (χ4v) is 3.40. The number of carbonyl (C=O) groups is 1. The highest BCUT2D eigenvalue weighted by molar-refractivity contribution is 7.89. The van der Waals surface area contributed by atoms with E-state index in [4.69, 9.17) is 21.1 Å². The molecule has 0 aliphatic rings. The van der Waals surface area contributed by atoms with Crippen molar-refractivity contribution in [2.24, 2.45) is 0 Å². The van der Waals surface area contributed by atoms with Crippen LogP contribution in [0.25, 0.3) is 0 Å². The summed E-state index contributed by atoms with van der Waals surface area (Å²) in [5.41, 5.74) is 0. The minimum atomic E-state index is -3.87. The van der Waals surface area contributed by atoms with Gasteiger partial charge in [0.25, 0.3) is 0 Å². The predicted molar refractivity (Wildman–Crippen MR) is 91.9 cm³/mol. The number of nitrogens with one attached hydrogen (secondary N) is 2. The van der Waals surface area contributed by atoms with Crippen LogP contribution in [-0.2, 0) is 19.6 Å². The molecule has 0 saturated carbocycles. The van der Waals surface area contributed by atoms with Crippen LogP contribution in [0.4, 0.5) is 0 Å². The molecule has 0 radical (unpaired) electrons. The number of ether oxygens (including phenoxy) is 2. The van der Waals surface area contributed by atoms with Crippen molar-refractivity contribution >= 4 is 27.5 Å². The van der Waals surface area contributed by atoms with Crippen LogP contribution in [0, 0.1) is 0 Å². The second kappa shape index (κ2) is 9.83. The summed E-state index contributed by atoms with van der Waals surface area (Å²) in [6.45, 7) is 4.94. The van der Waals surface area contributed by atoms with Gasteiger partial charge in [0.1, 0.15) is 5.75 Å². The summed E-state index contributed by atoms with van der Waals surface area (Å²) in [4.78, 5) is 11.9. The van der Waals surface area contributed by atoms with Gasteiger partial charge in [0.2, 0.25) is 15.9 Å². The molecule has 0 spiro atoms. The first-order valence-corrected chi connectivity index (χ1v) is 9.39. The first-order chi connectivity index (χ1) is 11.3. The third-order valence-corrected chi connectivity index (χ3v) is 4.96. The molecule has 136 valence electrons. The molecule has 0 aromatic heterocycles. The van der Waals surface area contributed by atoms with Crippen molar-refractivity contribution in [1.29, 1.82) is 0 Å². The summed E-state index contributed by atoms with van der Waals surface area (Å²) in [5, 5.41) is 2.83. The van der Waals surface area contributed by atoms with E-state index in [1.54, 1.807) is 0 Å². The standard InChI is InChI=1S/C15H23ClN2O5S/c1-4-23-9-5-8-17-15(19)11(2)18-24(20,21)12-6-7-14(22-3)13(16)10-12/h6-7,10-11,18H,4-5,8-9H2,1-3H3,(H,17,19)/t11-/m0/s1. The molecule has 0 aliphatic carbocycles. The smallest absolute Gasteiger partial charge is 0.241 e. The van der Waals surface area contributed by atoms with Crippen LogP contribution in [0.2, 0.25) is 5.02 Å². The molecule has 0 saturated heterocycles. The Morgan fingerprint density at radius 1 is 1.38 bits per heavy atom. The molecule has 24 heavy (non-hydrogen) atoms. The maximum atomic E-state index is 12.3. The highest BCUT2D eigenvalue weighted by Crippen LogP contribution is 2.26. The van der Waals surface area contributed by atoms with E-state index in [0.29, 0.717) is 31.9 Å². The normalized spacial score (nSPS) is 12.7. The van der Waals surface area contributed by atoms with Gasteiger partial charge in [-0.25, -0.2) is 8.42 Å². The lowest BCUT2D eigenvalue weighted by Gasteiger charge is -2.15. The van der Waals surface area contributed by atoms with Crippen molar-refractivity contribution in [2.45, 2.75) is 31.2 Å². The fourth-order valence-electron chi connectivity index (χ4n) is 1.85. The molecule has 0 aliphatic heterocycles. The summed E-state index contributed by atoms with van der Waals surface area (Å²) < 4.78 is 37.1. The summed E-state index contributed by atoms with van der Waals surface area (Å²) in [6, 6.07) is 3.17. The molecule has 0 fully saturated rings. The average molecular weight is 379 g/mol. The van der Waals surface area contributed by atoms with Crippen LogP contribution in [0.15, 0.2) is 23.1 Å². The van der Waals surface area contributed by atoms with E-state index in [1.807, 2.05) is 6.92 Å². The number of amides is 1. The molecular weight excluding hydrogens is 356 g/mol. The Bertz CT molecular complexity index is 651. The Balaban J connectivity index is 2.62. The average Bonchev–Trinajstić information content (AvgIpc) is 2.53. The van der Waals surface area contributed by atoms with Gasteiger partial charge in [0.05, 0.1) is 23.1 Å². The number of methoxy groups -OCH3 is 1. The van der Waals surface area contributed by atoms with E-state index >= 15 is 0 Å². The molecule has 1 aromatic carbocycles. The second-order valence-electron chi connectivity index (χ2n) is 4.98. The first-order valence-electron chi connectivity index (χ1n) is 7.53. The van der Waals surface area contributed by atoms with Gasteiger partial charge in [-0.2, -0.15) is 4.72 Å². The molecule has 7 nitrogen and oxygen atoms in total. The van der Waals surface area contributed by atoms with Gasteiger partial charge >= 0.3 is 0 Å². The Labute approximate surface area is 147 Å². The largest absolute Gasteiger partial charge is 0.495 e. The Morgan fingerprint density at radius 3 is 2.67 bits per heavy atom. The Morgan fingerprint density at radius 2 is 2.08 bits per heavy atom. The predicted octanol–water partition coefficient (Wildman–Crippen LogP) is 1.56. The van der Waals surface area contributed by atoms with Gasteiger partial charge in [0.15, 0.2) is 0 Å². The molecule has 1 atom stereocenters. The zero-order chi connectivity index (χ0) is 18.2. The minimum absolute atomic E-state index is 0.0377. The summed E-state index contributed by atoms with van der Waals surface area (Å²) in [5.74, 6) is -0.0367. The minimum Gasteiger partial charge on any atom is -0.495 e. The van der Waals surface area contributed by atoms with Gasteiger partial charge in [-0.15, -0.1) is 0 Å². The lowest BCUT2D eigenvalue weighted by Crippen LogP contribution is -2.45. The van der Waals surface area contributed by atoms with Crippen LogP contribution in [0.1, 0.15) is 20.3 Å². The third kappa shape index (κ3) is 6.27. The van der Waals surface area contributed by atoms with Crippen molar-refractivity contribution in [3.05, 3.63) is 23.2 Å². The van der Waals surface area contributed by atoms with Crippen molar-refractivity contribution < 1.29 is 22.7 Å². The van der Waals surface area contributed by atoms with Crippen LogP contribution in [-0.4, -0.2) is 47.2 Å². The molecular formula is C15H23ClN2O5S. The number of benzene rings is 1. The molecule has 1 rings (SSSR count). The van der Waals surface area contributed by atoms with Crippen molar-refractivity contribution in [3.63, 3.8) is 0 Å². The fraction of sp³-hybridized carbons (Fsp3) is 0.533. The number of sulfonamides is 1. The molecule has 0 bridgehead atoms. The van der Waals surface area contributed by atoms with Gasteiger partial charge in [-0.05, 0) is 38.5 Å². The SMILES string of the molecule is CCOCCCNC(=O)[C@H](C)NS(=O)(=O)c1ccc(OC)c(Cl)c1. The molecule has 2 N–H and O–H groups in total. The van der Waals surface area contributed by atoms with E-state index in [-0.39, 0.29) is 9.92 Å². The maximum absolute atomic E-state index is 12.3. The monoisotopic (exact) mass is 378 g/mol. The Kier molecular flexibility index (Phi) is 8.47. The molecule has 1 aromatic rings. The molecule has 9 heteroatoms. The number of carbonyl (C=O) groups excluding carboxylic acids is 1. The Hall–Kier alpha value is -1.35. The number of halogens is 1. The topological polar surface area (TPSA) is 93.7 Å². The maximum Gasteiger partial charge on any atom is 0.241 e. The number of rotatable bonds is 10. The quantitative estimate of drug-likeness (QED) is 0.602. The zero-order valence-electron chi connectivity index (χ0n) is 14.0. The molecule has 0 heterocycles. The highest BCUT2D eigenvalue weighted by Gasteiger charge is 2.22. The van der Waals surface area contributed by atoms with Crippen LogP contribution in [0.5, 0.6) is 5.75 Å². The zero-order valence-corrected chi connectivity index (χ0v) is 15.5. The second-order valence-corrected chi connectivity index (χ2v) is 7.10. The summed E-state index contributed by atoms with van der Waals surface area (Å²) in [6.07, 6.45) is 0.660. The van der Waals surface area contributed by atoms with E-state index in [9.17, 15) is 13.2 Å². The van der Waals surface area contributed by atoms with Gasteiger partial charge in [-0.3, -0.25) is 4.79 Å².